The third-order valence-corrected chi connectivity index (χ3v) is 3.99. The molecule has 0 amide bonds. The quantitative estimate of drug-likeness (QED) is 0.131. The summed E-state index contributed by atoms with van der Waals surface area (Å²) in [6.07, 6.45) is 3.12. The molecule has 0 aliphatic rings. The maximum atomic E-state index is 12.4. The number of hydrogen-bond donors (Lipinski definition) is 2. The molecule has 0 bridgehead atoms. The smallest absolute Gasteiger partial charge is 0.339 e. The first-order valence-electron chi connectivity index (χ1n) is 8.30. The van der Waals surface area contributed by atoms with E-state index in [4.69, 9.17) is 19.0 Å². The molecule has 0 saturated heterocycles. The lowest BCUT2D eigenvalue weighted by Crippen LogP contribution is -2.28. The highest BCUT2D eigenvalue weighted by Gasteiger charge is 2.20. The molecule has 0 radical (unpaired) electrons. The molecule has 1 atom stereocenters. The molecule has 6 nitrogen and oxygen atoms in total. The molecule has 7 heteroatoms. The zero-order valence-corrected chi connectivity index (χ0v) is 16.3. The Morgan fingerprint density at radius 1 is 1.25 bits per heavy atom. The van der Waals surface area contributed by atoms with E-state index in [1.54, 1.807) is 6.08 Å². The van der Waals surface area contributed by atoms with Gasteiger partial charge in [0.25, 0.3) is 0 Å². The highest BCUT2D eigenvalue weighted by molar-refractivity contribution is 6.69. The van der Waals surface area contributed by atoms with Gasteiger partial charge in [-0.1, -0.05) is 13.0 Å². The van der Waals surface area contributed by atoms with Gasteiger partial charge in [0.05, 0.1) is 12.2 Å². The van der Waals surface area contributed by atoms with Gasteiger partial charge in [-0.05, 0) is 38.9 Å². The lowest BCUT2D eigenvalue weighted by atomic mass is 10.1. The maximum absolute atomic E-state index is 12.4. The topological polar surface area (TPSA) is 85.2 Å². The molecule has 0 rings (SSSR count). The molecule has 0 aliphatic carbocycles. The van der Waals surface area contributed by atoms with E-state index in [-0.39, 0.29) is 13.4 Å². The normalized spacial score (nSPS) is 13.9. The summed E-state index contributed by atoms with van der Waals surface area (Å²) in [5.74, 6) is 0.0156. The summed E-state index contributed by atoms with van der Waals surface area (Å²) < 4.78 is 16.3. The summed E-state index contributed by atoms with van der Waals surface area (Å²) in [6, 6.07) is 0. The molecule has 0 aromatic heterocycles. The Morgan fingerprint density at radius 2 is 1.92 bits per heavy atom. The van der Waals surface area contributed by atoms with Crippen molar-refractivity contribution in [3.8, 4) is 0 Å². The molecule has 2 N–H and O–H groups in total. The molecule has 0 aromatic carbocycles. The summed E-state index contributed by atoms with van der Waals surface area (Å²) in [7, 11) is -1.76. The van der Waals surface area contributed by atoms with E-state index < -0.39 is 27.0 Å². The standard InChI is InChI=1S/C17H32O6Si/c1-6-8-10-15(17(20)22-13-23-24(3,4)5)16(9-7-2)21-12-14(19)11-18/h6,14,18-19H,1,7-13H2,2-5H3. The van der Waals surface area contributed by atoms with Gasteiger partial charge in [0.2, 0.25) is 0 Å². The molecular weight excluding hydrogens is 328 g/mol. The Morgan fingerprint density at radius 3 is 2.42 bits per heavy atom. The van der Waals surface area contributed by atoms with E-state index >= 15 is 0 Å². The van der Waals surface area contributed by atoms with Crippen LogP contribution in [0.3, 0.4) is 0 Å². The van der Waals surface area contributed by atoms with Crippen LogP contribution in [-0.2, 0) is 18.7 Å². The minimum absolute atomic E-state index is 0.0674. The number of rotatable bonds is 13. The van der Waals surface area contributed by atoms with Gasteiger partial charge in [0, 0.05) is 6.42 Å². The van der Waals surface area contributed by atoms with Crippen molar-refractivity contribution >= 4 is 14.3 Å². The molecule has 0 fully saturated rings. The average molecular weight is 361 g/mol. The molecule has 140 valence electrons. The fraction of sp³-hybridized carbons (Fsp3) is 0.706. The first-order chi connectivity index (χ1) is 11.2. The fourth-order valence-corrected chi connectivity index (χ4v) is 2.15. The van der Waals surface area contributed by atoms with Gasteiger partial charge in [-0.3, -0.25) is 0 Å². The van der Waals surface area contributed by atoms with Gasteiger partial charge >= 0.3 is 5.97 Å². The van der Waals surface area contributed by atoms with Crippen molar-refractivity contribution in [2.45, 2.75) is 58.4 Å². The monoisotopic (exact) mass is 360 g/mol. The van der Waals surface area contributed by atoms with Crippen molar-refractivity contribution in [3.63, 3.8) is 0 Å². The molecule has 0 spiro atoms. The lowest BCUT2D eigenvalue weighted by Gasteiger charge is -2.19. The van der Waals surface area contributed by atoms with Gasteiger partial charge in [0.15, 0.2) is 15.1 Å². The zero-order valence-electron chi connectivity index (χ0n) is 15.3. The van der Waals surface area contributed by atoms with Gasteiger partial charge in [-0.25, -0.2) is 4.79 Å². The van der Waals surface area contributed by atoms with E-state index in [2.05, 4.69) is 6.58 Å². The van der Waals surface area contributed by atoms with Gasteiger partial charge in [-0.15, -0.1) is 6.58 Å². The number of esters is 1. The van der Waals surface area contributed by atoms with Crippen LogP contribution in [0.2, 0.25) is 19.6 Å². The zero-order chi connectivity index (χ0) is 18.6. The van der Waals surface area contributed by atoms with Crippen LogP contribution >= 0.6 is 0 Å². The fourth-order valence-electron chi connectivity index (χ4n) is 1.74. The van der Waals surface area contributed by atoms with E-state index in [1.165, 1.54) is 0 Å². The highest BCUT2D eigenvalue weighted by atomic mass is 28.4. The molecule has 0 aliphatic heterocycles. The van der Waals surface area contributed by atoms with Gasteiger partial charge < -0.3 is 24.1 Å². The number of aliphatic hydroxyl groups is 2. The molecule has 0 heterocycles. The lowest BCUT2D eigenvalue weighted by molar-refractivity contribution is -0.146. The van der Waals surface area contributed by atoms with E-state index in [0.717, 1.165) is 6.42 Å². The first kappa shape index (κ1) is 22.8. The second-order valence-corrected chi connectivity index (χ2v) is 10.9. The van der Waals surface area contributed by atoms with Crippen molar-refractivity contribution in [1.29, 1.82) is 0 Å². The minimum atomic E-state index is -1.76. The predicted molar refractivity (Wildman–Crippen MR) is 95.8 cm³/mol. The SMILES string of the molecule is C=CCCC(C(=O)OCO[Si](C)(C)C)=C(CCC)OCC(O)CO. The van der Waals surface area contributed by atoms with Crippen molar-refractivity contribution in [1.82, 2.24) is 0 Å². The highest BCUT2D eigenvalue weighted by Crippen LogP contribution is 2.20. The van der Waals surface area contributed by atoms with Crippen molar-refractivity contribution in [2.75, 3.05) is 20.0 Å². The molecular formula is C17H32O6Si. The minimum Gasteiger partial charge on any atom is -0.495 e. The number of allylic oxidation sites excluding steroid dienone is 2. The van der Waals surface area contributed by atoms with Gasteiger partial charge in [0.1, 0.15) is 18.5 Å². The first-order valence-corrected chi connectivity index (χ1v) is 11.7. The summed E-state index contributed by atoms with van der Waals surface area (Å²) in [5.41, 5.74) is 0.432. The van der Waals surface area contributed by atoms with E-state index in [0.29, 0.717) is 30.6 Å². The van der Waals surface area contributed by atoms with Crippen LogP contribution in [0.15, 0.2) is 24.0 Å². The summed E-state index contributed by atoms with van der Waals surface area (Å²) in [5, 5.41) is 18.4. The van der Waals surface area contributed by atoms with E-state index in [1.807, 2.05) is 26.6 Å². The number of aliphatic hydroxyl groups excluding tert-OH is 2. The van der Waals surface area contributed by atoms with Gasteiger partial charge in [-0.2, -0.15) is 0 Å². The Balaban J connectivity index is 5.08. The second-order valence-electron chi connectivity index (χ2n) is 6.43. The molecule has 0 saturated carbocycles. The maximum Gasteiger partial charge on any atom is 0.339 e. The summed E-state index contributed by atoms with van der Waals surface area (Å²) in [4.78, 5) is 12.4. The van der Waals surface area contributed by atoms with Crippen LogP contribution in [0.1, 0.15) is 32.6 Å². The Labute approximate surface area is 146 Å². The third-order valence-electron chi connectivity index (χ3n) is 3.00. The Kier molecular flexibility index (Phi) is 11.7. The van der Waals surface area contributed by atoms with E-state index in [9.17, 15) is 9.90 Å². The molecule has 0 aromatic rings. The van der Waals surface area contributed by atoms with Crippen LogP contribution < -0.4 is 0 Å². The number of carbonyl (C=O) groups is 1. The van der Waals surface area contributed by atoms with Crippen molar-refractivity contribution in [2.24, 2.45) is 0 Å². The molecule has 1 unspecified atom stereocenters. The average Bonchev–Trinajstić information content (AvgIpc) is 2.51. The van der Waals surface area contributed by atoms with Crippen molar-refractivity contribution < 1.29 is 28.9 Å². The van der Waals surface area contributed by atoms with Crippen LogP contribution in [-0.4, -0.2) is 50.6 Å². The predicted octanol–water partition coefficient (Wildman–Crippen LogP) is 2.73. The summed E-state index contributed by atoms with van der Waals surface area (Å²) in [6.45, 7) is 11.1. The second kappa shape index (κ2) is 12.2. The Bertz CT molecular complexity index is 414. The third kappa shape index (κ3) is 10.6. The summed E-state index contributed by atoms with van der Waals surface area (Å²) >= 11 is 0. The van der Waals surface area contributed by atoms with Crippen LogP contribution in [0, 0.1) is 0 Å². The molecule has 24 heavy (non-hydrogen) atoms. The Hall–Kier alpha value is -1.15. The number of carbonyl (C=O) groups excluding carboxylic acids is 1. The van der Waals surface area contributed by atoms with Crippen LogP contribution in [0.5, 0.6) is 0 Å². The number of hydrogen-bond acceptors (Lipinski definition) is 6. The van der Waals surface area contributed by atoms with Crippen LogP contribution in [0.25, 0.3) is 0 Å². The van der Waals surface area contributed by atoms with Crippen LogP contribution in [0.4, 0.5) is 0 Å². The van der Waals surface area contributed by atoms with Crippen molar-refractivity contribution in [3.05, 3.63) is 24.0 Å². The largest absolute Gasteiger partial charge is 0.495 e. The number of ether oxygens (including phenoxy) is 2.